The number of halogens is 2. The Labute approximate surface area is 457 Å². The molecule has 4 aromatic carbocycles. The van der Waals surface area contributed by atoms with Crippen LogP contribution in [-0.4, -0.2) is 134 Å². The van der Waals surface area contributed by atoms with Gasteiger partial charge in [-0.2, -0.15) is 0 Å². The van der Waals surface area contributed by atoms with Gasteiger partial charge < -0.3 is 51.2 Å². The van der Waals surface area contributed by atoms with Crippen LogP contribution in [0.4, 0.5) is 0 Å². The lowest BCUT2D eigenvalue weighted by molar-refractivity contribution is -0.145. The highest BCUT2D eigenvalue weighted by atomic mass is 35.5. The van der Waals surface area contributed by atoms with Gasteiger partial charge in [0.1, 0.15) is 37.4 Å². The zero-order valence-corrected chi connectivity index (χ0v) is 45.3. The quantitative estimate of drug-likeness (QED) is 0.0767. The molecule has 402 valence electrons. The summed E-state index contributed by atoms with van der Waals surface area (Å²) in [5, 5.41) is 18.0. The highest BCUT2D eigenvalue weighted by Gasteiger charge is 2.43. The second kappa shape index (κ2) is 26.8. The smallest absolute Gasteiger partial charge is 0.248 e. The van der Waals surface area contributed by atoms with Gasteiger partial charge in [-0.3, -0.25) is 28.8 Å². The predicted molar refractivity (Wildman–Crippen MR) is 295 cm³/mol. The van der Waals surface area contributed by atoms with Crippen molar-refractivity contribution in [2.75, 3.05) is 40.4 Å². The van der Waals surface area contributed by atoms with Crippen LogP contribution >= 0.6 is 24.8 Å². The van der Waals surface area contributed by atoms with Gasteiger partial charge >= 0.3 is 0 Å². The first-order valence-electron chi connectivity index (χ1n) is 25.5. The van der Waals surface area contributed by atoms with E-state index >= 15 is 0 Å². The molecule has 76 heavy (non-hydrogen) atoms. The first-order chi connectivity index (χ1) is 35.8. The zero-order valence-electron chi connectivity index (χ0n) is 43.6. The maximum absolute atomic E-state index is 14.4. The van der Waals surface area contributed by atoms with Crippen molar-refractivity contribution >= 4 is 60.3 Å². The number of fused-ring (bicyclic) bond motifs is 6. The number of benzene rings is 4. The number of nitrogens with one attached hydrogen (secondary N) is 6. The van der Waals surface area contributed by atoms with Gasteiger partial charge in [-0.15, -0.1) is 24.8 Å². The van der Waals surface area contributed by atoms with E-state index in [0.29, 0.717) is 38.8 Å². The van der Waals surface area contributed by atoms with Crippen LogP contribution < -0.4 is 31.9 Å². The lowest BCUT2D eigenvalue weighted by Crippen LogP contribution is -2.59. The van der Waals surface area contributed by atoms with Crippen molar-refractivity contribution in [1.29, 1.82) is 0 Å². The lowest BCUT2D eigenvalue weighted by atomic mass is 10.0. The summed E-state index contributed by atoms with van der Waals surface area (Å²) in [5.74, 6) is 8.90. The van der Waals surface area contributed by atoms with Gasteiger partial charge in [-0.25, -0.2) is 0 Å². The Hall–Kier alpha value is -6.76. The van der Waals surface area contributed by atoms with Crippen LogP contribution in [0.15, 0.2) is 97.1 Å². The molecule has 8 atom stereocenters. The monoisotopic (exact) mass is 1070 g/mol. The molecule has 0 spiro atoms. The van der Waals surface area contributed by atoms with Gasteiger partial charge in [0, 0.05) is 13.1 Å². The van der Waals surface area contributed by atoms with Crippen molar-refractivity contribution in [1.82, 2.24) is 41.7 Å². The molecule has 18 heteroatoms. The van der Waals surface area contributed by atoms with Crippen molar-refractivity contribution < 1.29 is 38.2 Å². The molecule has 0 saturated carbocycles. The molecule has 0 aromatic heterocycles. The zero-order chi connectivity index (χ0) is 52.5. The highest BCUT2D eigenvalue weighted by Crippen LogP contribution is 2.44. The van der Waals surface area contributed by atoms with Crippen LogP contribution in [0.3, 0.4) is 0 Å². The minimum absolute atomic E-state index is 0. The Kier molecular flexibility index (Phi) is 20.7. The molecule has 2 aliphatic heterocycles. The molecule has 2 saturated heterocycles. The molecule has 4 aliphatic rings. The Bertz CT molecular complexity index is 2610. The average Bonchev–Trinajstić information content (AvgIpc) is 4.25. The summed E-state index contributed by atoms with van der Waals surface area (Å²) in [6.07, 6.45) is 0.480. The summed E-state index contributed by atoms with van der Waals surface area (Å²) < 4.78 is 12.0. The molecular weight excluding hydrogens is 1010 g/mol. The third kappa shape index (κ3) is 12.7. The number of ether oxygens (including phenoxy) is 2. The number of amides is 6. The molecule has 4 aromatic rings. The van der Waals surface area contributed by atoms with Crippen molar-refractivity contribution in [2.45, 2.75) is 114 Å². The number of nitrogens with zero attached hydrogens (tertiary/aromatic N) is 2. The van der Waals surface area contributed by atoms with Crippen LogP contribution in [0.2, 0.25) is 0 Å². The molecule has 6 N–H and O–H groups in total. The third-order valence-electron chi connectivity index (χ3n) is 14.7. The molecule has 2 heterocycles. The van der Waals surface area contributed by atoms with Crippen LogP contribution in [0, 0.1) is 23.7 Å². The molecule has 8 rings (SSSR count). The number of likely N-dealkylation sites (N-methyl/N-ethyl adjacent to an activating group) is 2. The van der Waals surface area contributed by atoms with Crippen molar-refractivity contribution in [3.63, 3.8) is 0 Å². The van der Waals surface area contributed by atoms with E-state index in [0.717, 1.165) is 44.5 Å². The maximum Gasteiger partial charge on any atom is 0.248 e. The molecule has 2 fully saturated rings. The average molecular weight is 1080 g/mol. The largest absolute Gasteiger partial charge is 0.363 e. The number of carbonyl (C=O) groups excluding carboxylic acids is 6. The Morgan fingerprint density at radius 3 is 1.16 bits per heavy atom. The van der Waals surface area contributed by atoms with E-state index < -0.39 is 72.1 Å². The van der Waals surface area contributed by atoms with E-state index in [9.17, 15) is 28.8 Å². The maximum atomic E-state index is 14.4. The van der Waals surface area contributed by atoms with Gasteiger partial charge in [0.05, 0.1) is 36.4 Å². The fourth-order valence-corrected chi connectivity index (χ4v) is 10.3. The van der Waals surface area contributed by atoms with E-state index in [4.69, 9.17) is 9.47 Å². The fourth-order valence-electron chi connectivity index (χ4n) is 10.3. The van der Waals surface area contributed by atoms with Gasteiger partial charge in [-0.1, -0.05) is 109 Å². The van der Waals surface area contributed by atoms with Crippen LogP contribution in [0.5, 0.6) is 0 Å². The van der Waals surface area contributed by atoms with Crippen LogP contribution in [0.1, 0.15) is 87.7 Å². The number of rotatable bonds is 18. The molecule has 2 aliphatic carbocycles. The SMILES string of the molecule is CN[C@@H](C)C(=O)N[C@H](C(=O)N1CCC[C@H]1C(=O)NC1c2ccccc2-c2ccccc21)[C@@H](C)OCC#CC#CCO[C@H](C)[C@H](NC(=O)[C@H](C)NC)C(=O)N1CCC[C@H]1C(=O)NC1c2ccccc2-c2ccccc21.Cl.Cl. The third-order valence-corrected chi connectivity index (χ3v) is 14.7. The molecule has 0 radical (unpaired) electrons. The summed E-state index contributed by atoms with van der Waals surface area (Å²) in [6.45, 7) is 7.12. The standard InChI is InChI=1S/C58H66N8O8.2ClH/c1-35(59-5)53(67)61-49(57(71)65-31-19-29-47(65)55(69)63-51-43-25-13-9-21-39(43)40-22-10-14-26-44(40)51)37(3)73-33-17-7-8-18-34-74-38(4)50(62-54(68)36(2)60-6)58(72)66-32-20-30-48(66)56(70)64-52-45-27-15-11-23-41(45)42-24-12-16-28-46(42)52;;/h9-16,21-28,35-38,47-52,59-60H,19-20,29-34H2,1-6H3,(H,61,67)(H,62,68)(H,63,69)(H,64,70);2*1H/t35-,36-,37+,38+,47-,48-,49-,50-;;/m0../s1. The molecule has 16 nitrogen and oxygen atoms in total. The minimum Gasteiger partial charge on any atom is -0.363 e. The first-order valence-corrected chi connectivity index (χ1v) is 25.5. The van der Waals surface area contributed by atoms with Gasteiger partial charge in [-0.05, 0) is 124 Å². The predicted octanol–water partition coefficient (Wildman–Crippen LogP) is 4.59. The second-order valence-electron chi connectivity index (χ2n) is 19.2. The number of hydrogen-bond acceptors (Lipinski definition) is 10. The summed E-state index contributed by atoms with van der Waals surface area (Å²) in [4.78, 5) is 86.5. The normalized spacial score (nSPS) is 18.3. The van der Waals surface area contributed by atoms with E-state index in [1.807, 2.05) is 97.1 Å². The first kappa shape index (κ1) is 58.5. The van der Waals surface area contributed by atoms with E-state index in [1.54, 1.807) is 41.8 Å². The Morgan fingerprint density at radius 2 is 0.842 bits per heavy atom. The highest BCUT2D eigenvalue weighted by molar-refractivity contribution is 5.96. The Balaban J connectivity index is 0.00000469. The molecule has 6 amide bonds. The van der Waals surface area contributed by atoms with Crippen LogP contribution in [-0.2, 0) is 38.2 Å². The van der Waals surface area contributed by atoms with E-state index in [1.165, 1.54) is 9.80 Å². The van der Waals surface area contributed by atoms with Gasteiger partial charge in [0.15, 0.2) is 0 Å². The van der Waals surface area contributed by atoms with Gasteiger partial charge in [0.2, 0.25) is 35.4 Å². The van der Waals surface area contributed by atoms with Crippen LogP contribution in [0.25, 0.3) is 22.3 Å². The Morgan fingerprint density at radius 1 is 0.526 bits per heavy atom. The molecule has 0 unspecified atom stereocenters. The summed E-state index contributed by atoms with van der Waals surface area (Å²) >= 11 is 0. The molecular formula is C58H68Cl2N8O8. The second-order valence-corrected chi connectivity index (χ2v) is 19.2. The van der Waals surface area contributed by atoms with E-state index in [-0.39, 0.29) is 61.9 Å². The number of likely N-dealkylation sites (tertiary alicyclic amines) is 2. The number of carbonyl (C=O) groups is 6. The van der Waals surface area contributed by atoms with Gasteiger partial charge in [0.25, 0.3) is 0 Å². The summed E-state index contributed by atoms with van der Waals surface area (Å²) in [7, 11) is 3.29. The minimum atomic E-state index is -1.12. The van der Waals surface area contributed by atoms with Crippen molar-refractivity contribution in [2.24, 2.45) is 0 Å². The topological polar surface area (TPSA) is 200 Å². The number of hydrogen-bond donors (Lipinski definition) is 6. The summed E-state index contributed by atoms with van der Waals surface area (Å²) in [5.41, 5.74) is 8.22. The van der Waals surface area contributed by atoms with Crippen molar-refractivity contribution in [3.8, 4) is 45.9 Å². The van der Waals surface area contributed by atoms with Crippen molar-refractivity contribution in [3.05, 3.63) is 119 Å². The summed E-state index contributed by atoms with van der Waals surface area (Å²) in [6, 6.07) is 26.2. The lowest BCUT2D eigenvalue weighted by Gasteiger charge is -2.32. The van der Waals surface area contributed by atoms with E-state index in [2.05, 4.69) is 55.6 Å². The fraction of sp³-hybridized carbons (Fsp3) is 0.414. The molecule has 0 bridgehead atoms.